The fourth-order valence-corrected chi connectivity index (χ4v) is 3.35. The molecule has 0 radical (unpaired) electrons. The molecule has 26 heavy (non-hydrogen) atoms. The number of rotatable bonds is 3. The third-order valence-electron chi connectivity index (χ3n) is 4.62. The zero-order valence-electron chi connectivity index (χ0n) is 14.0. The summed E-state index contributed by atoms with van der Waals surface area (Å²) in [6.45, 7) is 0.964. The molecule has 0 saturated carbocycles. The van der Waals surface area contributed by atoms with E-state index in [2.05, 4.69) is 5.10 Å². The van der Waals surface area contributed by atoms with Crippen molar-refractivity contribution >= 4 is 28.6 Å². The van der Waals surface area contributed by atoms with Crippen LogP contribution in [0.1, 0.15) is 12.8 Å². The molecule has 2 aromatic carbocycles. The van der Waals surface area contributed by atoms with Crippen molar-refractivity contribution in [2.24, 2.45) is 0 Å². The second-order valence-electron chi connectivity index (χ2n) is 6.30. The van der Waals surface area contributed by atoms with Crippen LogP contribution in [0.2, 0.25) is 5.02 Å². The van der Waals surface area contributed by atoms with Crippen molar-refractivity contribution in [2.45, 2.75) is 18.9 Å². The summed E-state index contributed by atoms with van der Waals surface area (Å²) in [6, 6.07) is 15.4. The number of para-hydroxylation sites is 1. The number of carbonyl (C=O) groups is 1. The van der Waals surface area contributed by atoms with E-state index in [4.69, 9.17) is 21.4 Å². The summed E-state index contributed by atoms with van der Waals surface area (Å²) in [4.78, 5) is 12.5. The minimum atomic E-state index is -0.874. The minimum Gasteiger partial charge on any atom is -0.473 e. The third-order valence-corrected chi connectivity index (χ3v) is 4.87. The van der Waals surface area contributed by atoms with E-state index >= 15 is 0 Å². The van der Waals surface area contributed by atoms with Gasteiger partial charge in [-0.25, -0.2) is 9.48 Å². The fraction of sp³-hybridized carbons (Fsp3) is 0.263. The van der Waals surface area contributed by atoms with Crippen LogP contribution < -0.4 is 4.74 Å². The number of halogens is 1. The minimum absolute atomic E-state index is 0.0393. The van der Waals surface area contributed by atoms with Crippen LogP contribution in [0.15, 0.2) is 48.5 Å². The number of ether oxygens (including phenoxy) is 1. The number of aromatic nitrogens is 2. The molecule has 1 N–H and O–H groups in total. The Bertz CT molecular complexity index is 931. The van der Waals surface area contributed by atoms with E-state index in [1.165, 1.54) is 4.90 Å². The molecule has 7 heteroatoms. The van der Waals surface area contributed by atoms with Crippen molar-refractivity contribution < 1.29 is 14.6 Å². The van der Waals surface area contributed by atoms with E-state index in [1.807, 2.05) is 53.2 Å². The number of hydrogen-bond acceptors (Lipinski definition) is 3. The quantitative estimate of drug-likeness (QED) is 0.749. The van der Waals surface area contributed by atoms with Crippen molar-refractivity contribution in [3.63, 3.8) is 0 Å². The van der Waals surface area contributed by atoms with E-state index in [-0.39, 0.29) is 6.10 Å². The van der Waals surface area contributed by atoms with Crippen LogP contribution >= 0.6 is 11.6 Å². The Balaban J connectivity index is 1.62. The van der Waals surface area contributed by atoms with E-state index in [0.29, 0.717) is 36.8 Å². The molecular weight excluding hydrogens is 354 g/mol. The van der Waals surface area contributed by atoms with Gasteiger partial charge in [0.25, 0.3) is 0 Å². The largest absolute Gasteiger partial charge is 0.473 e. The molecule has 6 nitrogen and oxygen atoms in total. The highest BCUT2D eigenvalue weighted by Crippen LogP contribution is 2.29. The fourth-order valence-electron chi connectivity index (χ4n) is 3.23. The first-order valence-electron chi connectivity index (χ1n) is 8.50. The van der Waals surface area contributed by atoms with Gasteiger partial charge in [-0.1, -0.05) is 23.7 Å². The summed E-state index contributed by atoms with van der Waals surface area (Å²) in [5.41, 5.74) is 1.86. The van der Waals surface area contributed by atoms with Crippen LogP contribution in [-0.2, 0) is 0 Å². The first-order valence-corrected chi connectivity index (χ1v) is 8.88. The van der Waals surface area contributed by atoms with Crippen molar-refractivity contribution in [1.29, 1.82) is 0 Å². The normalized spacial score (nSPS) is 15.3. The van der Waals surface area contributed by atoms with Crippen molar-refractivity contribution in [1.82, 2.24) is 14.7 Å². The van der Waals surface area contributed by atoms with Gasteiger partial charge < -0.3 is 14.7 Å². The highest BCUT2D eigenvalue weighted by Gasteiger charge is 2.25. The standard InChI is InChI=1S/C19H18ClN3O3/c20-13-5-7-14(8-6-13)23-17-4-2-1-3-16(17)18(21-23)26-15-9-11-22(12-10-15)19(24)25/h1-8,15H,9-12H2,(H,24,25). The molecule has 0 unspecified atom stereocenters. The maximum Gasteiger partial charge on any atom is 0.407 e. The molecule has 0 aliphatic carbocycles. The van der Waals surface area contributed by atoms with Crippen LogP contribution in [-0.4, -0.2) is 45.1 Å². The van der Waals surface area contributed by atoms with Gasteiger partial charge in [0.15, 0.2) is 0 Å². The van der Waals surface area contributed by atoms with Crippen LogP contribution in [0, 0.1) is 0 Å². The Morgan fingerprint density at radius 3 is 2.50 bits per heavy atom. The molecule has 0 atom stereocenters. The zero-order valence-corrected chi connectivity index (χ0v) is 14.8. The summed E-state index contributed by atoms with van der Waals surface area (Å²) in [7, 11) is 0. The number of benzene rings is 2. The van der Waals surface area contributed by atoms with Crippen LogP contribution in [0.5, 0.6) is 5.88 Å². The summed E-state index contributed by atoms with van der Waals surface area (Å²) >= 11 is 5.99. The summed E-state index contributed by atoms with van der Waals surface area (Å²) in [6.07, 6.45) is 0.409. The second-order valence-corrected chi connectivity index (χ2v) is 6.73. The lowest BCUT2D eigenvalue weighted by molar-refractivity contribution is 0.0876. The molecule has 1 aliphatic rings. The Hall–Kier alpha value is -2.73. The van der Waals surface area contributed by atoms with Gasteiger partial charge in [0.2, 0.25) is 5.88 Å². The average molecular weight is 372 g/mol. The van der Waals surface area contributed by atoms with Gasteiger partial charge in [-0.2, -0.15) is 0 Å². The monoisotopic (exact) mass is 371 g/mol. The lowest BCUT2D eigenvalue weighted by Gasteiger charge is -2.29. The predicted octanol–water partition coefficient (Wildman–Crippen LogP) is 4.20. The number of carboxylic acid groups (broad SMARTS) is 1. The number of fused-ring (bicyclic) bond motifs is 1. The molecule has 0 bridgehead atoms. The molecule has 1 aliphatic heterocycles. The third kappa shape index (κ3) is 3.20. The van der Waals surface area contributed by atoms with Crippen molar-refractivity contribution in [3.05, 3.63) is 53.6 Å². The van der Waals surface area contributed by atoms with Gasteiger partial charge in [-0.3, -0.25) is 0 Å². The Labute approximate surface area is 155 Å². The lowest BCUT2D eigenvalue weighted by atomic mass is 10.1. The smallest absolute Gasteiger partial charge is 0.407 e. The molecule has 1 fully saturated rings. The van der Waals surface area contributed by atoms with Crippen molar-refractivity contribution in [3.8, 4) is 11.6 Å². The Morgan fingerprint density at radius 2 is 1.81 bits per heavy atom. The van der Waals surface area contributed by atoms with Gasteiger partial charge in [0, 0.05) is 31.0 Å². The molecule has 1 saturated heterocycles. The molecule has 134 valence electrons. The number of amides is 1. The number of hydrogen-bond donors (Lipinski definition) is 1. The maximum absolute atomic E-state index is 11.0. The van der Waals surface area contributed by atoms with Gasteiger partial charge in [-0.05, 0) is 36.4 Å². The number of nitrogens with zero attached hydrogens (tertiary/aromatic N) is 3. The van der Waals surface area contributed by atoms with Gasteiger partial charge >= 0.3 is 6.09 Å². The predicted molar refractivity (Wildman–Crippen MR) is 99.3 cm³/mol. The van der Waals surface area contributed by atoms with E-state index < -0.39 is 6.09 Å². The second kappa shape index (κ2) is 6.88. The molecule has 2 heterocycles. The first-order chi connectivity index (χ1) is 12.6. The van der Waals surface area contributed by atoms with Crippen LogP contribution in [0.3, 0.4) is 0 Å². The summed E-state index contributed by atoms with van der Waals surface area (Å²) < 4.78 is 7.99. The number of piperidine rings is 1. The van der Waals surface area contributed by atoms with Crippen LogP contribution in [0.25, 0.3) is 16.6 Å². The molecule has 0 spiro atoms. The lowest BCUT2D eigenvalue weighted by Crippen LogP contribution is -2.41. The molecule has 1 aromatic heterocycles. The first kappa shape index (κ1) is 16.7. The van der Waals surface area contributed by atoms with E-state index in [0.717, 1.165) is 16.6 Å². The summed E-state index contributed by atoms with van der Waals surface area (Å²) in [5.74, 6) is 0.573. The van der Waals surface area contributed by atoms with Crippen molar-refractivity contribution in [2.75, 3.05) is 13.1 Å². The topological polar surface area (TPSA) is 67.6 Å². The maximum atomic E-state index is 11.0. The van der Waals surface area contributed by atoms with E-state index in [9.17, 15) is 4.79 Å². The van der Waals surface area contributed by atoms with Crippen LogP contribution in [0.4, 0.5) is 4.79 Å². The Kier molecular flexibility index (Phi) is 4.42. The van der Waals surface area contributed by atoms with Gasteiger partial charge in [-0.15, -0.1) is 5.10 Å². The molecule has 4 rings (SSSR count). The highest BCUT2D eigenvalue weighted by atomic mass is 35.5. The Morgan fingerprint density at radius 1 is 1.12 bits per heavy atom. The molecule has 1 amide bonds. The molecular formula is C19H18ClN3O3. The van der Waals surface area contributed by atoms with Gasteiger partial charge in [0.05, 0.1) is 16.6 Å². The number of likely N-dealkylation sites (tertiary alicyclic amines) is 1. The SMILES string of the molecule is O=C(O)N1CCC(Oc2nn(-c3ccc(Cl)cc3)c3ccccc23)CC1. The van der Waals surface area contributed by atoms with E-state index in [1.54, 1.807) is 0 Å². The highest BCUT2D eigenvalue weighted by molar-refractivity contribution is 6.30. The average Bonchev–Trinajstić information content (AvgIpc) is 3.02. The van der Waals surface area contributed by atoms with Gasteiger partial charge in [0.1, 0.15) is 6.10 Å². The summed E-state index contributed by atoms with van der Waals surface area (Å²) in [5, 5.41) is 15.3. The molecule has 3 aromatic rings. The zero-order chi connectivity index (χ0) is 18.1.